The van der Waals surface area contributed by atoms with Crippen molar-refractivity contribution < 1.29 is 9.53 Å². The van der Waals surface area contributed by atoms with Crippen LogP contribution in [0.15, 0.2) is 47.5 Å². The van der Waals surface area contributed by atoms with Gasteiger partial charge in [0.2, 0.25) is 6.08 Å². The van der Waals surface area contributed by atoms with Crippen molar-refractivity contribution in [2.75, 3.05) is 0 Å². The van der Waals surface area contributed by atoms with Gasteiger partial charge in [-0.05, 0) is 48.6 Å². The molecule has 4 heteroatoms. The van der Waals surface area contributed by atoms with E-state index in [9.17, 15) is 4.79 Å². The van der Waals surface area contributed by atoms with E-state index in [0.29, 0.717) is 17.4 Å². The largest absolute Gasteiger partial charge is 0.487 e. The summed E-state index contributed by atoms with van der Waals surface area (Å²) in [6.07, 6.45) is 5.60. The van der Waals surface area contributed by atoms with Gasteiger partial charge < -0.3 is 4.74 Å². The van der Waals surface area contributed by atoms with Crippen LogP contribution >= 0.6 is 11.6 Å². The molecule has 0 bridgehead atoms. The molecule has 124 valence electrons. The Morgan fingerprint density at radius 1 is 1.21 bits per heavy atom. The third kappa shape index (κ3) is 3.38. The SMILES string of the molecule is Cc1cc(C2(N=C=O)CCCC2)cc(Cl)c1OCc1ccccc1. The fourth-order valence-corrected chi connectivity index (χ4v) is 3.75. The minimum atomic E-state index is -0.464. The molecular weight excluding hydrogens is 322 g/mol. The van der Waals surface area contributed by atoms with Gasteiger partial charge in [-0.15, -0.1) is 0 Å². The van der Waals surface area contributed by atoms with E-state index in [-0.39, 0.29) is 0 Å². The Morgan fingerprint density at radius 2 is 1.92 bits per heavy atom. The van der Waals surface area contributed by atoms with E-state index in [1.807, 2.05) is 49.4 Å². The summed E-state index contributed by atoms with van der Waals surface area (Å²) < 4.78 is 5.92. The molecule has 3 nitrogen and oxygen atoms in total. The van der Waals surface area contributed by atoms with Crippen LogP contribution in [0, 0.1) is 6.92 Å². The van der Waals surface area contributed by atoms with Gasteiger partial charge in [-0.1, -0.05) is 54.8 Å². The Kier molecular flexibility index (Phi) is 5.03. The summed E-state index contributed by atoms with van der Waals surface area (Å²) in [5.41, 5.74) is 2.57. The van der Waals surface area contributed by atoms with E-state index < -0.39 is 5.54 Å². The second-order valence-corrected chi connectivity index (χ2v) is 6.73. The molecule has 1 fully saturated rings. The number of hydrogen-bond acceptors (Lipinski definition) is 3. The van der Waals surface area contributed by atoms with Gasteiger partial charge in [-0.25, -0.2) is 4.79 Å². The summed E-state index contributed by atoms with van der Waals surface area (Å²) in [6, 6.07) is 13.9. The van der Waals surface area contributed by atoms with Crippen molar-refractivity contribution in [1.82, 2.24) is 0 Å². The Balaban J connectivity index is 1.87. The van der Waals surface area contributed by atoms with E-state index >= 15 is 0 Å². The molecule has 3 rings (SSSR count). The maximum absolute atomic E-state index is 10.9. The summed E-state index contributed by atoms with van der Waals surface area (Å²) in [4.78, 5) is 15.0. The maximum atomic E-state index is 10.9. The van der Waals surface area contributed by atoms with E-state index in [2.05, 4.69) is 4.99 Å². The predicted octanol–water partition coefficient (Wildman–Crippen LogP) is 5.33. The smallest absolute Gasteiger partial charge is 0.235 e. The highest BCUT2D eigenvalue weighted by molar-refractivity contribution is 6.32. The first kappa shape index (κ1) is 16.8. The lowest BCUT2D eigenvalue weighted by Crippen LogP contribution is -2.19. The molecule has 0 radical (unpaired) electrons. The minimum absolute atomic E-state index is 0.464. The molecule has 0 atom stereocenters. The molecule has 1 saturated carbocycles. The lowest BCUT2D eigenvalue weighted by molar-refractivity contribution is 0.304. The molecule has 0 spiro atoms. The zero-order chi connectivity index (χ0) is 17.0. The van der Waals surface area contributed by atoms with Gasteiger partial charge >= 0.3 is 0 Å². The molecule has 24 heavy (non-hydrogen) atoms. The summed E-state index contributed by atoms with van der Waals surface area (Å²) in [7, 11) is 0. The molecule has 0 saturated heterocycles. The van der Waals surface area contributed by atoms with Crippen LogP contribution < -0.4 is 4.74 Å². The summed E-state index contributed by atoms with van der Waals surface area (Å²) in [5, 5.41) is 0.563. The molecule has 0 amide bonds. The van der Waals surface area contributed by atoms with E-state index in [0.717, 1.165) is 42.4 Å². The first-order valence-corrected chi connectivity index (χ1v) is 8.59. The second kappa shape index (κ2) is 7.21. The van der Waals surface area contributed by atoms with Gasteiger partial charge in [-0.3, -0.25) is 0 Å². The fraction of sp³-hybridized carbons (Fsp3) is 0.350. The topological polar surface area (TPSA) is 38.7 Å². The van der Waals surface area contributed by atoms with Crippen LogP contribution in [-0.4, -0.2) is 6.08 Å². The van der Waals surface area contributed by atoms with Crippen LogP contribution in [0.2, 0.25) is 5.02 Å². The molecule has 0 aromatic heterocycles. The number of halogens is 1. The second-order valence-electron chi connectivity index (χ2n) is 6.32. The first-order chi connectivity index (χ1) is 11.6. The van der Waals surface area contributed by atoms with E-state index in [1.165, 1.54) is 0 Å². The Morgan fingerprint density at radius 3 is 2.54 bits per heavy atom. The Bertz CT molecular complexity index is 737. The average molecular weight is 342 g/mol. The monoisotopic (exact) mass is 341 g/mol. The van der Waals surface area contributed by atoms with Crippen LogP contribution in [0.5, 0.6) is 5.75 Å². The molecular formula is C20H20ClNO2. The Labute approximate surface area is 147 Å². The van der Waals surface area contributed by atoms with Crippen molar-refractivity contribution in [3.63, 3.8) is 0 Å². The highest BCUT2D eigenvalue weighted by Crippen LogP contribution is 2.44. The molecule has 0 heterocycles. The van der Waals surface area contributed by atoms with Crippen LogP contribution in [0.25, 0.3) is 0 Å². The van der Waals surface area contributed by atoms with Crippen LogP contribution in [0.3, 0.4) is 0 Å². The third-order valence-corrected chi connectivity index (χ3v) is 4.96. The van der Waals surface area contributed by atoms with E-state index in [1.54, 1.807) is 6.08 Å². The minimum Gasteiger partial charge on any atom is -0.487 e. The molecule has 1 aliphatic carbocycles. The maximum Gasteiger partial charge on any atom is 0.235 e. The standard InChI is InChI=1S/C20H20ClNO2/c1-15-11-17(20(22-14-23)9-5-6-10-20)12-18(21)19(15)24-13-16-7-3-2-4-8-16/h2-4,7-8,11-12H,5-6,9-10,13H2,1H3. The van der Waals surface area contributed by atoms with Crippen molar-refractivity contribution in [2.45, 2.75) is 44.8 Å². The number of hydrogen-bond donors (Lipinski definition) is 0. The number of benzene rings is 2. The molecule has 0 unspecified atom stereocenters. The van der Waals surface area contributed by atoms with Gasteiger partial charge in [-0.2, -0.15) is 4.99 Å². The zero-order valence-electron chi connectivity index (χ0n) is 13.7. The number of carbonyl (C=O) groups excluding carboxylic acids is 1. The molecule has 0 aliphatic heterocycles. The normalized spacial score (nSPS) is 15.8. The van der Waals surface area contributed by atoms with Gasteiger partial charge in [0, 0.05) is 0 Å². The lowest BCUT2D eigenvalue weighted by Gasteiger charge is -2.24. The number of rotatable bonds is 5. The highest BCUT2D eigenvalue weighted by atomic mass is 35.5. The van der Waals surface area contributed by atoms with Gasteiger partial charge in [0.25, 0.3) is 0 Å². The van der Waals surface area contributed by atoms with Crippen LogP contribution in [0.1, 0.15) is 42.4 Å². The average Bonchev–Trinajstić information content (AvgIpc) is 3.05. The van der Waals surface area contributed by atoms with Gasteiger partial charge in [0.15, 0.2) is 0 Å². The summed E-state index contributed by atoms with van der Waals surface area (Å²) >= 11 is 6.48. The van der Waals surface area contributed by atoms with Gasteiger partial charge in [0.1, 0.15) is 12.4 Å². The first-order valence-electron chi connectivity index (χ1n) is 8.21. The van der Waals surface area contributed by atoms with Crippen molar-refractivity contribution in [1.29, 1.82) is 0 Å². The molecule has 2 aromatic carbocycles. The number of ether oxygens (including phenoxy) is 1. The number of nitrogens with zero attached hydrogens (tertiary/aromatic N) is 1. The van der Waals surface area contributed by atoms with Crippen molar-refractivity contribution in [3.05, 3.63) is 64.2 Å². The Hall–Kier alpha value is -2.09. The highest BCUT2D eigenvalue weighted by Gasteiger charge is 2.36. The fourth-order valence-electron chi connectivity index (χ4n) is 3.42. The van der Waals surface area contributed by atoms with E-state index in [4.69, 9.17) is 16.3 Å². The lowest BCUT2D eigenvalue weighted by atomic mass is 9.88. The summed E-state index contributed by atoms with van der Waals surface area (Å²) in [6.45, 7) is 2.45. The number of aliphatic imine (C=N–C) groups is 1. The van der Waals surface area contributed by atoms with Crippen molar-refractivity contribution >= 4 is 17.7 Å². The van der Waals surface area contributed by atoms with Crippen LogP contribution in [-0.2, 0) is 16.9 Å². The van der Waals surface area contributed by atoms with Crippen molar-refractivity contribution in [2.24, 2.45) is 4.99 Å². The third-order valence-electron chi connectivity index (χ3n) is 4.68. The quantitative estimate of drug-likeness (QED) is 0.544. The predicted molar refractivity (Wildman–Crippen MR) is 95.2 cm³/mol. The van der Waals surface area contributed by atoms with Crippen LogP contribution in [0.4, 0.5) is 0 Å². The summed E-state index contributed by atoms with van der Waals surface area (Å²) in [5.74, 6) is 0.687. The molecule has 0 N–H and O–H groups in total. The number of aryl methyl sites for hydroxylation is 1. The van der Waals surface area contributed by atoms with Crippen molar-refractivity contribution in [3.8, 4) is 5.75 Å². The number of isocyanates is 1. The molecule has 1 aliphatic rings. The molecule has 2 aromatic rings. The van der Waals surface area contributed by atoms with Gasteiger partial charge in [0.05, 0.1) is 10.6 Å². The zero-order valence-corrected chi connectivity index (χ0v) is 14.5.